The Morgan fingerprint density at radius 1 is 1.20 bits per heavy atom. The van der Waals surface area contributed by atoms with Gasteiger partial charge in [-0.2, -0.15) is 0 Å². The van der Waals surface area contributed by atoms with E-state index in [0.717, 1.165) is 12.8 Å². The molecule has 1 N–H and O–H groups in total. The maximum absolute atomic E-state index is 12.7. The summed E-state index contributed by atoms with van der Waals surface area (Å²) in [6.07, 6.45) is 4.93. The molecule has 3 aromatic rings. The predicted octanol–water partition coefficient (Wildman–Crippen LogP) is 2.95. The standard InChI is InChI=1S/C24H31N5O5S/c1-16(15-32-4)27-24-26-14-21-22(28-24)20(13-25-23(21)34-18-8-10-33-11-9-18)17-6-5-7-19(12-17)35(30,31)29(2)3/h5-7,12-14,16,18H,8-11,15H2,1-4H3,(H,26,27,28)/t16-/m0/s1. The molecule has 1 saturated heterocycles. The molecule has 0 amide bonds. The normalized spacial score (nSPS) is 15.9. The smallest absolute Gasteiger partial charge is 0.242 e. The number of hydrogen-bond donors (Lipinski definition) is 1. The average Bonchev–Trinajstić information content (AvgIpc) is 2.85. The van der Waals surface area contributed by atoms with Gasteiger partial charge in [0, 0.05) is 58.0 Å². The van der Waals surface area contributed by atoms with E-state index in [1.54, 1.807) is 37.7 Å². The van der Waals surface area contributed by atoms with Crippen molar-refractivity contribution >= 4 is 26.9 Å². The summed E-state index contributed by atoms with van der Waals surface area (Å²) in [5.74, 6) is 0.882. The molecule has 0 bridgehead atoms. The molecule has 4 rings (SSSR count). The minimum Gasteiger partial charge on any atom is -0.474 e. The molecule has 0 spiro atoms. The van der Waals surface area contributed by atoms with Crippen LogP contribution in [0.3, 0.4) is 0 Å². The van der Waals surface area contributed by atoms with Crippen molar-refractivity contribution in [3.63, 3.8) is 0 Å². The Kier molecular flexibility index (Phi) is 7.80. The van der Waals surface area contributed by atoms with Gasteiger partial charge < -0.3 is 19.5 Å². The molecule has 188 valence electrons. The van der Waals surface area contributed by atoms with Gasteiger partial charge in [0.25, 0.3) is 0 Å². The highest BCUT2D eigenvalue weighted by atomic mass is 32.2. The zero-order valence-corrected chi connectivity index (χ0v) is 21.2. The minimum atomic E-state index is -3.60. The number of anilines is 1. The Balaban J connectivity index is 1.81. The van der Waals surface area contributed by atoms with Crippen LogP contribution >= 0.6 is 0 Å². The van der Waals surface area contributed by atoms with E-state index in [1.807, 2.05) is 13.0 Å². The highest BCUT2D eigenvalue weighted by Gasteiger charge is 2.22. The van der Waals surface area contributed by atoms with E-state index < -0.39 is 10.0 Å². The number of sulfonamides is 1. The maximum atomic E-state index is 12.7. The number of fused-ring (bicyclic) bond motifs is 1. The zero-order valence-electron chi connectivity index (χ0n) is 20.4. The number of rotatable bonds is 9. The Morgan fingerprint density at radius 3 is 2.69 bits per heavy atom. The molecule has 0 radical (unpaired) electrons. The van der Waals surface area contributed by atoms with Crippen LogP contribution in [-0.2, 0) is 19.5 Å². The number of benzene rings is 1. The lowest BCUT2D eigenvalue weighted by molar-refractivity contribution is 0.0244. The lowest BCUT2D eigenvalue weighted by Crippen LogP contribution is -2.26. The molecule has 3 heterocycles. The molecule has 11 heteroatoms. The molecule has 1 fully saturated rings. The lowest BCUT2D eigenvalue weighted by Gasteiger charge is -2.23. The van der Waals surface area contributed by atoms with Gasteiger partial charge in [0.05, 0.1) is 35.6 Å². The average molecular weight is 502 g/mol. The monoisotopic (exact) mass is 501 g/mol. The first-order valence-corrected chi connectivity index (χ1v) is 12.9. The van der Waals surface area contributed by atoms with Crippen LogP contribution in [0.1, 0.15) is 19.8 Å². The van der Waals surface area contributed by atoms with Crippen molar-refractivity contribution in [3.8, 4) is 17.0 Å². The van der Waals surface area contributed by atoms with Crippen molar-refractivity contribution in [2.75, 3.05) is 46.3 Å². The first-order chi connectivity index (χ1) is 16.8. The van der Waals surface area contributed by atoms with Gasteiger partial charge in [-0.25, -0.2) is 27.7 Å². The van der Waals surface area contributed by atoms with Crippen LogP contribution in [0.5, 0.6) is 5.88 Å². The second-order valence-corrected chi connectivity index (χ2v) is 10.8. The van der Waals surface area contributed by atoms with E-state index in [-0.39, 0.29) is 17.0 Å². The van der Waals surface area contributed by atoms with Crippen molar-refractivity contribution in [2.45, 2.75) is 36.8 Å². The largest absolute Gasteiger partial charge is 0.474 e. The third kappa shape index (κ3) is 5.69. The van der Waals surface area contributed by atoms with Crippen molar-refractivity contribution in [1.29, 1.82) is 0 Å². The Labute approximate surface area is 205 Å². The van der Waals surface area contributed by atoms with Crippen molar-refractivity contribution in [1.82, 2.24) is 19.3 Å². The maximum Gasteiger partial charge on any atom is 0.242 e. The summed E-state index contributed by atoms with van der Waals surface area (Å²) in [7, 11) is 1.05. The van der Waals surface area contributed by atoms with Crippen LogP contribution in [0, 0.1) is 0 Å². The third-order valence-electron chi connectivity index (χ3n) is 5.75. The predicted molar refractivity (Wildman–Crippen MR) is 133 cm³/mol. The van der Waals surface area contributed by atoms with E-state index in [2.05, 4.69) is 15.3 Å². The highest BCUT2D eigenvalue weighted by molar-refractivity contribution is 7.89. The van der Waals surface area contributed by atoms with Crippen LogP contribution in [-0.4, -0.2) is 80.8 Å². The third-order valence-corrected chi connectivity index (χ3v) is 7.56. The molecule has 1 aromatic carbocycles. The topological polar surface area (TPSA) is 116 Å². The van der Waals surface area contributed by atoms with Gasteiger partial charge in [-0.1, -0.05) is 12.1 Å². The number of ether oxygens (including phenoxy) is 3. The number of pyridine rings is 1. The molecular formula is C24H31N5O5S. The quantitative estimate of drug-likeness (QED) is 0.472. The SMILES string of the molecule is COC[C@H](C)Nc1ncc2c(OC3CCOCC3)ncc(-c3cccc(S(=O)(=O)N(C)C)c3)c2n1. The second-order valence-electron chi connectivity index (χ2n) is 8.68. The van der Waals surface area contributed by atoms with Gasteiger partial charge in [0.15, 0.2) is 0 Å². The molecule has 0 aliphatic carbocycles. The molecule has 1 aliphatic heterocycles. The fraction of sp³-hybridized carbons (Fsp3) is 0.458. The van der Waals surface area contributed by atoms with Crippen molar-refractivity contribution in [3.05, 3.63) is 36.7 Å². The summed E-state index contributed by atoms with van der Waals surface area (Å²) in [5.41, 5.74) is 1.97. The summed E-state index contributed by atoms with van der Waals surface area (Å²) in [5, 5.41) is 3.89. The number of nitrogens with one attached hydrogen (secondary N) is 1. The number of aromatic nitrogens is 3. The minimum absolute atomic E-state index is 0.00149. The van der Waals surface area contributed by atoms with Gasteiger partial charge in [-0.3, -0.25) is 0 Å². The molecular weight excluding hydrogens is 470 g/mol. The van der Waals surface area contributed by atoms with Crippen LogP contribution in [0.15, 0.2) is 41.6 Å². The van der Waals surface area contributed by atoms with Crippen LogP contribution in [0.4, 0.5) is 5.95 Å². The fourth-order valence-corrected chi connectivity index (χ4v) is 4.82. The summed E-state index contributed by atoms with van der Waals surface area (Å²) < 4.78 is 43.5. The Morgan fingerprint density at radius 2 is 1.97 bits per heavy atom. The number of nitrogens with zero attached hydrogens (tertiary/aromatic N) is 4. The van der Waals surface area contributed by atoms with Crippen LogP contribution in [0.25, 0.3) is 22.0 Å². The van der Waals surface area contributed by atoms with Gasteiger partial charge in [0.2, 0.25) is 21.9 Å². The highest BCUT2D eigenvalue weighted by Crippen LogP contribution is 2.34. The van der Waals surface area contributed by atoms with E-state index in [4.69, 9.17) is 19.2 Å². The Hall–Kier alpha value is -2.86. The van der Waals surface area contributed by atoms with E-state index in [0.29, 0.717) is 53.7 Å². The summed E-state index contributed by atoms with van der Waals surface area (Å²) >= 11 is 0. The molecule has 1 atom stereocenters. The second kappa shape index (κ2) is 10.8. The zero-order chi connectivity index (χ0) is 25.0. The molecule has 2 aromatic heterocycles. The summed E-state index contributed by atoms with van der Waals surface area (Å²) in [6.45, 7) is 3.76. The van der Waals surface area contributed by atoms with Gasteiger partial charge in [0.1, 0.15) is 6.10 Å². The molecule has 0 unspecified atom stereocenters. The van der Waals surface area contributed by atoms with Crippen molar-refractivity contribution in [2.24, 2.45) is 0 Å². The first-order valence-electron chi connectivity index (χ1n) is 11.5. The Bertz CT molecular complexity index is 1280. The lowest BCUT2D eigenvalue weighted by atomic mass is 10.1. The van der Waals surface area contributed by atoms with Gasteiger partial charge in [-0.05, 0) is 24.6 Å². The molecule has 35 heavy (non-hydrogen) atoms. The molecule has 10 nitrogen and oxygen atoms in total. The molecule has 1 aliphatic rings. The van der Waals surface area contributed by atoms with E-state index >= 15 is 0 Å². The van der Waals surface area contributed by atoms with Crippen LogP contribution in [0.2, 0.25) is 0 Å². The van der Waals surface area contributed by atoms with Crippen molar-refractivity contribution < 1.29 is 22.6 Å². The van der Waals surface area contributed by atoms with E-state index in [9.17, 15) is 8.42 Å². The summed E-state index contributed by atoms with van der Waals surface area (Å²) in [6, 6.07) is 6.76. The number of methoxy groups -OCH3 is 1. The van der Waals surface area contributed by atoms with Gasteiger partial charge in [-0.15, -0.1) is 0 Å². The van der Waals surface area contributed by atoms with E-state index in [1.165, 1.54) is 18.4 Å². The number of hydrogen-bond acceptors (Lipinski definition) is 9. The summed E-state index contributed by atoms with van der Waals surface area (Å²) in [4.78, 5) is 14.0. The first kappa shape index (κ1) is 25.2. The van der Waals surface area contributed by atoms with Crippen LogP contribution < -0.4 is 10.1 Å². The fourth-order valence-electron chi connectivity index (χ4n) is 3.87. The molecule has 0 saturated carbocycles. The van der Waals surface area contributed by atoms with Gasteiger partial charge >= 0.3 is 0 Å².